The fourth-order valence-corrected chi connectivity index (χ4v) is 1.21. The van der Waals surface area contributed by atoms with E-state index < -0.39 is 0 Å². The van der Waals surface area contributed by atoms with Crippen molar-refractivity contribution in [3.63, 3.8) is 0 Å². The van der Waals surface area contributed by atoms with Gasteiger partial charge in [0.05, 0.1) is 12.3 Å². The van der Waals surface area contributed by atoms with Crippen LogP contribution in [0.3, 0.4) is 0 Å². The van der Waals surface area contributed by atoms with E-state index in [9.17, 15) is 5.11 Å². The standard InChI is InChI=1S/C11H17NO3/c1-4-14-5-6-15-10-7-8(2)11(13)9(3)12-10/h7,13H,4-6H2,1-3H3. The Hall–Kier alpha value is -1.29. The maximum atomic E-state index is 9.50. The summed E-state index contributed by atoms with van der Waals surface area (Å²) in [5.41, 5.74) is 1.36. The summed E-state index contributed by atoms with van der Waals surface area (Å²) >= 11 is 0. The predicted octanol–water partition coefficient (Wildman–Crippen LogP) is 1.82. The van der Waals surface area contributed by atoms with Crippen LogP contribution in [0.1, 0.15) is 18.2 Å². The molecule has 0 spiro atoms. The van der Waals surface area contributed by atoms with E-state index in [0.717, 1.165) is 5.56 Å². The van der Waals surface area contributed by atoms with Gasteiger partial charge in [0, 0.05) is 12.7 Å². The fraction of sp³-hybridized carbons (Fsp3) is 0.545. The molecule has 1 rings (SSSR count). The van der Waals surface area contributed by atoms with Gasteiger partial charge in [-0.1, -0.05) is 0 Å². The highest BCUT2D eigenvalue weighted by atomic mass is 16.5. The van der Waals surface area contributed by atoms with Crippen molar-refractivity contribution in [2.75, 3.05) is 19.8 Å². The highest BCUT2D eigenvalue weighted by molar-refractivity contribution is 5.37. The smallest absolute Gasteiger partial charge is 0.214 e. The summed E-state index contributed by atoms with van der Waals surface area (Å²) in [6, 6.07) is 1.72. The van der Waals surface area contributed by atoms with E-state index in [0.29, 0.717) is 31.4 Å². The Balaban J connectivity index is 2.55. The first-order chi connectivity index (χ1) is 7.15. The molecule has 0 saturated carbocycles. The van der Waals surface area contributed by atoms with Crippen molar-refractivity contribution < 1.29 is 14.6 Å². The van der Waals surface area contributed by atoms with Crippen LogP contribution >= 0.6 is 0 Å². The molecular weight excluding hydrogens is 194 g/mol. The second-order valence-corrected chi connectivity index (χ2v) is 3.26. The van der Waals surface area contributed by atoms with Crippen LogP contribution in [0.4, 0.5) is 0 Å². The molecule has 0 saturated heterocycles. The molecule has 4 nitrogen and oxygen atoms in total. The zero-order chi connectivity index (χ0) is 11.3. The minimum absolute atomic E-state index is 0.229. The number of rotatable bonds is 5. The molecule has 0 radical (unpaired) electrons. The fourth-order valence-electron chi connectivity index (χ4n) is 1.21. The van der Waals surface area contributed by atoms with Crippen molar-refractivity contribution >= 4 is 0 Å². The molecule has 84 valence electrons. The van der Waals surface area contributed by atoms with Crippen LogP contribution in [-0.4, -0.2) is 29.9 Å². The highest BCUT2D eigenvalue weighted by Gasteiger charge is 2.05. The van der Waals surface area contributed by atoms with Crippen LogP contribution in [0.5, 0.6) is 11.6 Å². The minimum atomic E-state index is 0.229. The molecule has 4 heteroatoms. The van der Waals surface area contributed by atoms with E-state index in [-0.39, 0.29) is 5.75 Å². The minimum Gasteiger partial charge on any atom is -0.506 e. The first-order valence-corrected chi connectivity index (χ1v) is 5.03. The summed E-state index contributed by atoms with van der Waals surface area (Å²) in [5, 5.41) is 9.50. The summed E-state index contributed by atoms with van der Waals surface area (Å²) in [4.78, 5) is 4.10. The first kappa shape index (κ1) is 11.8. The molecular formula is C11H17NO3. The quantitative estimate of drug-likeness (QED) is 0.755. The number of aryl methyl sites for hydroxylation is 2. The van der Waals surface area contributed by atoms with Crippen LogP contribution in [0.2, 0.25) is 0 Å². The van der Waals surface area contributed by atoms with E-state index in [2.05, 4.69) is 4.98 Å². The average Bonchev–Trinajstić information content (AvgIpc) is 2.21. The van der Waals surface area contributed by atoms with Crippen molar-refractivity contribution in [1.82, 2.24) is 4.98 Å². The van der Waals surface area contributed by atoms with Crippen molar-refractivity contribution in [2.45, 2.75) is 20.8 Å². The van der Waals surface area contributed by atoms with Crippen LogP contribution in [0.15, 0.2) is 6.07 Å². The van der Waals surface area contributed by atoms with Gasteiger partial charge in [0.1, 0.15) is 12.4 Å². The van der Waals surface area contributed by atoms with Gasteiger partial charge >= 0.3 is 0 Å². The van der Waals surface area contributed by atoms with E-state index in [1.807, 2.05) is 13.8 Å². The summed E-state index contributed by atoms with van der Waals surface area (Å²) in [7, 11) is 0. The zero-order valence-electron chi connectivity index (χ0n) is 9.41. The normalized spacial score (nSPS) is 10.3. The van der Waals surface area contributed by atoms with Crippen molar-refractivity contribution in [2.24, 2.45) is 0 Å². The molecule has 0 unspecified atom stereocenters. The third kappa shape index (κ3) is 3.40. The summed E-state index contributed by atoms with van der Waals surface area (Å²) in [5.74, 6) is 0.759. The van der Waals surface area contributed by atoms with Crippen LogP contribution in [0.25, 0.3) is 0 Å². The summed E-state index contributed by atoms with van der Waals surface area (Å²) in [6.07, 6.45) is 0. The maximum Gasteiger partial charge on any atom is 0.214 e. The summed E-state index contributed by atoms with van der Waals surface area (Å²) in [6.45, 7) is 7.22. The van der Waals surface area contributed by atoms with E-state index in [4.69, 9.17) is 9.47 Å². The van der Waals surface area contributed by atoms with Crippen LogP contribution in [0, 0.1) is 13.8 Å². The largest absolute Gasteiger partial charge is 0.506 e. The SMILES string of the molecule is CCOCCOc1cc(C)c(O)c(C)n1. The summed E-state index contributed by atoms with van der Waals surface area (Å²) < 4.78 is 10.5. The highest BCUT2D eigenvalue weighted by Crippen LogP contribution is 2.23. The van der Waals surface area contributed by atoms with Gasteiger partial charge in [0.25, 0.3) is 0 Å². The van der Waals surface area contributed by atoms with Crippen molar-refractivity contribution in [1.29, 1.82) is 0 Å². The van der Waals surface area contributed by atoms with Gasteiger partial charge in [-0.15, -0.1) is 0 Å². The first-order valence-electron chi connectivity index (χ1n) is 5.03. The second kappa shape index (κ2) is 5.56. The Morgan fingerprint density at radius 3 is 2.67 bits per heavy atom. The Kier molecular flexibility index (Phi) is 4.37. The molecule has 1 N–H and O–H groups in total. The number of pyridine rings is 1. The molecule has 0 aliphatic carbocycles. The van der Waals surface area contributed by atoms with E-state index >= 15 is 0 Å². The Bertz CT molecular complexity index is 303. The van der Waals surface area contributed by atoms with E-state index in [1.54, 1.807) is 13.0 Å². The lowest BCUT2D eigenvalue weighted by molar-refractivity contribution is 0.108. The number of hydrogen-bond acceptors (Lipinski definition) is 4. The molecule has 0 amide bonds. The zero-order valence-corrected chi connectivity index (χ0v) is 9.41. The number of nitrogens with zero attached hydrogens (tertiary/aromatic N) is 1. The second-order valence-electron chi connectivity index (χ2n) is 3.26. The van der Waals surface area contributed by atoms with Crippen LogP contribution < -0.4 is 4.74 Å². The topological polar surface area (TPSA) is 51.6 Å². The van der Waals surface area contributed by atoms with Gasteiger partial charge in [-0.05, 0) is 26.3 Å². The van der Waals surface area contributed by atoms with Gasteiger partial charge < -0.3 is 14.6 Å². The Morgan fingerprint density at radius 2 is 2.07 bits per heavy atom. The van der Waals surface area contributed by atoms with Crippen molar-refractivity contribution in [3.05, 3.63) is 17.3 Å². The monoisotopic (exact) mass is 211 g/mol. The lowest BCUT2D eigenvalue weighted by atomic mass is 10.2. The third-order valence-electron chi connectivity index (χ3n) is 2.02. The van der Waals surface area contributed by atoms with Gasteiger partial charge in [-0.25, -0.2) is 4.98 Å². The van der Waals surface area contributed by atoms with Crippen LogP contribution in [-0.2, 0) is 4.74 Å². The van der Waals surface area contributed by atoms with Crippen molar-refractivity contribution in [3.8, 4) is 11.6 Å². The number of aromatic nitrogens is 1. The molecule has 0 aliphatic rings. The van der Waals surface area contributed by atoms with Gasteiger partial charge in [-0.2, -0.15) is 0 Å². The molecule has 1 heterocycles. The van der Waals surface area contributed by atoms with Gasteiger partial charge in [0.15, 0.2) is 0 Å². The lowest BCUT2D eigenvalue weighted by Gasteiger charge is -2.08. The number of hydrogen-bond donors (Lipinski definition) is 1. The van der Waals surface area contributed by atoms with Gasteiger partial charge in [0.2, 0.25) is 5.88 Å². The number of aromatic hydroxyl groups is 1. The molecule has 0 fully saturated rings. The average molecular weight is 211 g/mol. The molecule has 1 aromatic heterocycles. The Morgan fingerprint density at radius 1 is 1.33 bits per heavy atom. The Labute approximate surface area is 89.9 Å². The number of ether oxygens (including phenoxy) is 2. The predicted molar refractivity (Wildman–Crippen MR) is 57.4 cm³/mol. The third-order valence-corrected chi connectivity index (χ3v) is 2.02. The molecule has 1 aromatic rings. The molecule has 15 heavy (non-hydrogen) atoms. The molecule has 0 aromatic carbocycles. The molecule has 0 bridgehead atoms. The molecule has 0 atom stereocenters. The molecule has 0 aliphatic heterocycles. The lowest BCUT2D eigenvalue weighted by Crippen LogP contribution is -2.07. The van der Waals surface area contributed by atoms with Gasteiger partial charge in [-0.3, -0.25) is 0 Å². The maximum absolute atomic E-state index is 9.50. The van der Waals surface area contributed by atoms with E-state index in [1.165, 1.54) is 0 Å².